The van der Waals surface area contributed by atoms with Crippen LogP contribution in [0.4, 0.5) is 4.39 Å². The van der Waals surface area contributed by atoms with Crippen molar-refractivity contribution < 1.29 is 9.50 Å². The van der Waals surface area contributed by atoms with Gasteiger partial charge < -0.3 is 5.11 Å². The van der Waals surface area contributed by atoms with Gasteiger partial charge >= 0.3 is 0 Å². The summed E-state index contributed by atoms with van der Waals surface area (Å²) in [5.41, 5.74) is 0.985. The number of aliphatic hydroxyl groups is 1. The van der Waals surface area contributed by atoms with Gasteiger partial charge in [0.25, 0.3) is 0 Å². The van der Waals surface area contributed by atoms with Gasteiger partial charge in [-0.15, -0.1) is 0 Å². The molecule has 2 rings (SSSR count). The van der Waals surface area contributed by atoms with Gasteiger partial charge in [-0.2, -0.15) is 0 Å². The highest BCUT2D eigenvalue weighted by Gasteiger charge is 2.16. The third-order valence-electron chi connectivity index (χ3n) is 2.76. The van der Waals surface area contributed by atoms with Gasteiger partial charge in [-0.3, -0.25) is 0 Å². The van der Waals surface area contributed by atoms with Crippen molar-refractivity contribution in [2.45, 2.75) is 12.5 Å². The van der Waals surface area contributed by atoms with Gasteiger partial charge in [0.05, 0.1) is 11.1 Å². The fraction of sp³-hybridized carbons (Fsp3) is 0.143. The maximum atomic E-state index is 13.8. The summed E-state index contributed by atoms with van der Waals surface area (Å²) in [6, 6.07) is 9.83. The molecule has 0 saturated heterocycles. The third kappa shape index (κ3) is 3.48. The maximum absolute atomic E-state index is 13.8. The Labute approximate surface area is 129 Å². The fourth-order valence-electron chi connectivity index (χ4n) is 1.79. The molecule has 2 aromatic carbocycles. The Bertz CT molecular complexity index is 604. The SMILES string of the molecule is OC(Cc1cccc(Cl)c1F)c1cc(Cl)ccc1Br. The average molecular weight is 364 g/mol. The molecule has 0 amide bonds. The molecular formula is C14H10BrCl2FO. The van der Waals surface area contributed by atoms with Crippen molar-refractivity contribution >= 4 is 39.1 Å². The minimum atomic E-state index is -0.860. The molecule has 2 aromatic rings. The van der Waals surface area contributed by atoms with Crippen LogP contribution in [0.1, 0.15) is 17.2 Å². The molecule has 5 heteroatoms. The maximum Gasteiger partial charge on any atom is 0.145 e. The van der Waals surface area contributed by atoms with E-state index in [2.05, 4.69) is 15.9 Å². The van der Waals surface area contributed by atoms with Gasteiger partial charge in [-0.25, -0.2) is 4.39 Å². The van der Waals surface area contributed by atoms with Gasteiger partial charge in [-0.05, 0) is 35.4 Å². The smallest absolute Gasteiger partial charge is 0.145 e. The Morgan fingerprint density at radius 3 is 2.68 bits per heavy atom. The molecule has 0 spiro atoms. The van der Waals surface area contributed by atoms with Crippen LogP contribution in [-0.4, -0.2) is 5.11 Å². The van der Waals surface area contributed by atoms with Crippen molar-refractivity contribution in [3.05, 3.63) is 67.9 Å². The molecule has 1 unspecified atom stereocenters. The second kappa shape index (κ2) is 6.23. The van der Waals surface area contributed by atoms with Gasteiger partial charge in [-0.1, -0.05) is 51.3 Å². The average Bonchev–Trinajstić information content (AvgIpc) is 2.38. The first-order valence-corrected chi connectivity index (χ1v) is 7.10. The van der Waals surface area contributed by atoms with Crippen LogP contribution in [0.15, 0.2) is 40.9 Å². The van der Waals surface area contributed by atoms with Crippen molar-refractivity contribution in [3.8, 4) is 0 Å². The first-order valence-electron chi connectivity index (χ1n) is 5.55. The third-order valence-corrected chi connectivity index (χ3v) is 4.01. The molecule has 100 valence electrons. The zero-order chi connectivity index (χ0) is 14.0. The Hall–Kier alpha value is -0.610. The van der Waals surface area contributed by atoms with Crippen molar-refractivity contribution in [1.29, 1.82) is 0 Å². The molecule has 1 nitrogen and oxygen atoms in total. The molecule has 0 aliphatic carbocycles. The van der Waals surface area contributed by atoms with E-state index < -0.39 is 11.9 Å². The highest BCUT2D eigenvalue weighted by molar-refractivity contribution is 9.10. The minimum Gasteiger partial charge on any atom is -0.388 e. The Balaban J connectivity index is 2.28. The standard InChI is InChI=1S/C14H10BrCl2FO/c15-11-5-4-9(16)7-10(11)13(19)6-8-2-1-3-12(17)14(8)18/h1-5,7,13,19H,6H2. The topological polar surface area (TPSA) is 20.2 Å². The van der Waals surface area contributed by atoms with Crippen LogP contribution in [0.5, 0.6) is 0 Å². The predicted molar refractivity (Wildman–Crippen MR) is 79.2 cm³/mol. The van der Waals surface area contributed by atoms with E-state index in [9.17, 15) is 9.50 Å². The quantitative estimate of drug-likeness (QED) is 0.797. The van der Waals surface area contributed by atoms with Gasteiger partial charge in [0.15, 0.2) is 0 Å². The van der Waals surface area contributed by atoms with Gasteiger partial charge in [0.2, 0.25) is 0 Å². The van der Waals surface area contributed by atoms with Crippen molar-refractivity contribution in [3.63, 3.8) is 0 Å². The first-order chi connectivity index (χ1) is 8.99. The lowest BCUT2D eigenvalue weighted by Crippen LogP contribution is -2.04. The molecule has 0 bridgehead atoms. The second-order valence-corrected chi connectivity index (χ2v) is 5.80. The fourth-order valence-corrected chi connectivity index (χ4v) is 2.68. The van der Waals surface area contributed by atoms with Gasteiger partial charge in [0.1, 0.15) is 5.82 Å². The summed E-state index contributed by atoms with van der Waals surface area (Å²) in [5, 5.41) is 10.8. The van der Waals surface area contributed by atoms with E-state index in [1.807, 2.05) is 0 Å². The first kappa shape index (κ1) is 14.8. The van der Waals surface area contributed by atoms with E-state index in [1.165, 1.54) is 6.07 Å². The number of halogens is 4. The Kier molecular flexibility index (Phi) is 4.85. The van der Waals surface area contributed by atoms with Crippen LogP contribution >= 0.6 is 39.1 Å². The van der Waals surface area contributed by atoms with Crippen molar-refractivity contribution in [2.24, 2.45) is 0 Å². The Morgan fingerprint density at radius 1 is 1.21 bits per heavy atom. The summed E-state index contributed by atoms with van der Waals surface area (Å²) in [7, 11) is 0. The number of rotatable bonds is 3. The van der Waals surface area contributed by atoms with Crippen LogP contribution < -0.4 is 0 Å². The van der Waals surface area contributed by atoms with Crippen LogP contribution in [0.3, 0.4) is 0 Å². The van der Waals surface area contributed by atoms with Crippen LogP contribution in [0, 0.1) is 5.82 Å². The molecule has 0 aliphatic heterocycles. The lowest BCUT2D eigenvalue weighted by molar-refractivity contribution is 0.176. The predicted octanol–water partition coefficient (Wildman–Crippen LogP) is 5.17. The highest BCUT2D eigenvalue weighted by atomic mass is 79.9. The molecule has 1 atom stereocenters. The number of hydrogen-bond acceptors (Lipinski definition) is 1. The normalized spacial score (nSPS) is 12.5. The lowest BCUT2D eigenvalue weighted by atomic mass is 10.0. The number of aliphatic hydroxyl groups excluding tert-OH is 1. The van der Waals surface area contributed by atoms with Crippen LogP contribution in [0.25, 0.3) is 0 Å². The van der Waals surface area contributed by atoms with Crippen LogP contribution in [0.2, 0.25) is 10.0 Å². The molecule has 0 aromatic heterocycles. The molecule has 0 aliphatic rings. The van der Waals surface area contributed by atoms with Crippen molar-refractivity contribution in [1.82, 2.24) is 0 Å². The van der Waals surface area contributed by atoms with E-state index >= 15 is 0 Å². The molecule has 0 saturated carbocycles. The summed E-state index contributed by atoms with van der Waals surface area (Å²) in [6.45, 7) is 0. The van der Waals surface area contributed by atoms with Crippen molar-refractivity contribution in [2.75, 3.05) is 0 Å². The summed E-state index contributed by atoms with van der Waals surface area (Å²) < 4.78 is 14.5. The highest BCUT2D eigenvalue weighted by Crippen LogP contribution is 2.30. The van der Waals surface area contributed by atoms with Crippen LogP contribution in [-0.2, 0) is 6.42 Å². The Morgan fingerprint density at radius 2 is 1.95 bits per heavy atom. The summed E-state index contributed by atoms with van der Waals surface area (Å²) >= 11 is 14.9. The summed E-state index contributed by atoms with van der Waals surface area (Å²) in [6.07, 6.45) is -0.730. The molecule has 19 heavy (non-hydrogen) atoms. The van der Waals surface area contributed by atoms with Gasteiger partial charge in [0, 0.05) is 15.9 Å². The largest absolute Gasteiger partial charge is 0.388 e. The molecule has 0 fully saturated rings. The molecule has 0 heterocycles. The monoisotopic (exact) mass is 362 g/mol. The molecule has 0 radical (unpaired) electrons. The second-order valence-electron chi connectivity index (χ2n) is 4.10. The van der Waals surface area contributed by atoms with E-state index in [-0.39, 0.29) is 11.4 Å². The lowest BCUT2D eigenvalue weighted by Gasteiger charge is -2.14. The molecule has 1 N–H and O–H groups in total. The van der Waals surface area contributed by atoms with E-state index in [4.69, 9.17) is 23.2 Å². The van der Waals surface area contributed by atoms with E-state index in [0.717, 1.165) is 4.47 Å². The zero-order valence-electron chi connectivity index (χ0n) is 9.71. The minimum absolute atomic E-state index is 0.0508. The number of benzene rings is 2. The molecular weight excluding hydrogens is 354 g/mol. The summed E-state index contributed by atoms with van der Waals surface area (Å²) in [4.78, 5) is 0. The number of hydrogen-bond donors (Lipinski definition) is 1. The van der Waals surface area contributed by atoms with E-state index in [1.54, 1.807) is 30.3 Å². The van der Waals surface area contributed by atoms with E-state index in [0.29, 0.717) is 16.1 Å². The summed E-state index contributed by atoms with van der Waals surface area (Å²) in [5.74, 6) is -0.499. The zero-order valence-corrected chi connectivity index (χ0v) is 12.8.